The van der Waals surface area contributed by atoms with Gasteiger partial charge in [-0.1, -0.05) is 13.8 Å². The molecule has 0 aromatic heterocycles. The van der Waals surface area contributed by atoms with Crippen LogP contribution in [0.5, 0.6) is 0 Å². The van der Waals surface area contributed by atoms with Crippen LogP contribution in [0.2, 0.25) is 0 Å². The van der Waals surface area contributed by atoms with Gasteiger partial charge >= 0.3 is 0 Å². The Balaban J connectivity index is 3.75. The van der Waals surface area contributed by atoms with Crippen LogP contribution in [0.4, 0.5) is 0 Å². The molecule has 128 valence electrons. The Bertz CT molecular complexity index is 345. The average Bonchev–Trinajstić information content (AvgIpc) is 2.37. The predicted molar refractivity (Wildman–Crippen MR) is 87.6 cm³/mol. The monoisotopic (exact) mass is 323 g/mol. The molecule has 0 atom stereocenters. The molecular weight excluding hydrogens is 290 g/mol. The van der Waals surface area contributed by atoms with Crippen molar-refractivity contribution in [2.75, 3.05) is 33.3 Å². The van der Waals surface area contributed by atoms with Gasteiger partial charge in [-0.05, 0) is 39.7 Å². The Hall–Kier alpha value is -0.210. The van der Waals surface area contributed by atoms with Gasteiger partial charge in [0.05, 0.1) is 6.10 Å². The van der Waals surface area contributed by atoms with Crippen LogP contribution < -0.4 is 10.0 Å². The van der Waals surface area contributed by atoms with Crippen molar-refractivity contribution in [1.29, 1.82) is 0 Å². The van der Waals surface area contributed by atoms with Crippen LogP contribution in [0, 0.1) is 0 Å². The lowest BCUT2D eigenvalue weighted by molar-refractivity contribution is 0.0762. The number of nitrogens with zero attached hydrogens (tertiary/aromatic N) is 1. The summed E-state index contributed by atoms with van der Waals surface area (Å²) in [6.07, 6.45) is 2.68. The van der Waals surface area contributed by atoms with E-state index in [9.17, 15) is 8.42 Å². The third kappa shape index (κ3) is 12.1. The predicted octanol–water partition coefficient (Wildman–Crippen LogP) is 1.35. The Labute approximate surface area is 130 Å². The van der Waals surface area contributed by atoms with Crippen molar-refractivity contribution in [3.05, 3.63) is 0 Å². The molecule has 0 aliphatic rings. The molecule has 0 aliphatic heterocycles. The van der Waals surface area contributed by atoms with Gasteiger partial charge in [-0.15, -0.1) is 0 Å². The average molecular weight is 324 g/mol. The van der Waals surface area contributed by atoms with Crippen LogP contribution in [-0.4, -0.2) is 58.2 Å². The maximum Gasteiger partial charge on any atom is 0.279 e. The lowest BCUT2D eigenvalue weighted by Crippen LogP contribution is -2.40. The molecule has 0 aromatic carbocycles. The first-order valence-corrected chi connectivity index (χ1v) is 9.25. The second-order valence-electron chi connectivity index (χ2n) is 5.81. The van der Waals surface area contributed by atoms with Gasteiger partial charge in [0.25, 0.3) is 10.2 Å². The molecule has 0 saturated carbocycles. The van der Waals surface area contributed by atoms with E-state index in [2.05, 4.69) is 23.9 Å². The van der Waals surface area contributed by atoms with E-state index in [1.165, 1.54) is 4.31 Å². The molecule has 0 aromatic rings. The van der Waals surface area contributed by atoms with E-state index in [-0.39, 0.29) is 6.10 Å². The SMILES string of the molecule is CC(C)NCCCN(C)S(=O)(=O)NCCCCOC(C)C. The number of ether oxygens (including phenoxy) is 1. The number of hydrogen-bond donors (Lipinski definition) is 2. The lowest BCUT2D eigenvalue weighted by Gasteiger charge is -2.18. The van der Waals surface area contributed by atoms with Gasteiger partial charge < -0.3 is 10.1 Å². The van der Waals surface area contributed by atoms with Crippen molar-refractivity contribution in [2.24, 2.45) is 0 Å². The van der Waals surface area contributed by atoms with Gasteiger partial charge in [-0.25, -0.2) is 4.72 Å². The summed E-state index contributed by atoms with van der Waals surface area (Å²) in [5.74, 6) is 0. The zero-order valence-electron chi connectivity index (χ0n) is 14.2. The molecule has 0 saturated heterocycles. The van der Waals surface area contributed by atoms with Crippen molar-refractivity contribution in [3.8, 4) is 0 Å². The quantitative estimate of drug-likeness (QED) is 0.502. The lowest BCUT2D eigenvalue weighted by atomic mass is 10.3. The van der Waals surface area contributed by atoms with Crippen LogP contribution in [-0.2, 0) is 14.9 Å². The first-order chi connectivity index (χ1) is 9.75. The maximum atomic E-state index is 12.0. The van der Waals surface area contributed by atoms with Gasteiger partial charge in [0.2, 0.25) is 0 Å². The van der Waals surface area contributed by atoms with Gasteiger partial charge in [-0.3, -0.25) is 0 Å². The third-order valence-electron chi connectivity index (χ3n) is 2.92. The fourth-order valence-electron chi connectivity index (χ4n) is 1.67. The van der Waals surface area contributed by atoms with E-state index < -0.39 is 10.2 Å². The molecule has 2 N–H and O–H groups in total. The highest BCUT2D eigenvalue weighted by Gasteiger charge is 2.15. The molecule has 7 heteroatoms. The van der Waals surface area contributed by atoms with Crippen molar-refractivity contribution in [3.63, 3.8) is 0 Å². The standard InChI is InChI=1S/C14H33N3O3S/c1-13(2)15-9-8-11-17(5)21(18,19)16-10-6-7-12-20-14(3)4/h13-16H,6-12H2,1-5H3. The van der Waals surface area contributed by atoms with Crippen LogP contribution in [0.3, 0.4) is 0 Å². The molecule has 0 radical (unpaired) electrons. The molecule has 0 bridgehead atoms. The summed E-state index contributed by atoms with van der Waals surface area (Å²) in [6, 6.07) is 0.429. The van der Waals surface area contributed by atoms with Crippen molar-refractivity contribution in [2.45, 2.75) is 59.1 Å². The van der Waals surface area contributed by atoms with Crippen molar-refractivity contribution < 1.29 is 13.2 Å². The molecule has 0 spiro atoms. The molecule has 6 nitrogen and oxygen atoms in total. The number of hydrogen-bond acceptors (Lipinski definition) is 4. The highest BCUT2D eigenvalue weighted by molar-refractivity contribution is 7.87. The minimum Gasteiger partial charge on any atom is -0.379 e. The molecule has 0 fully saturated rings. The Kier molecular flexibility index (Phi) is 11.3. The molecular formula is C14H33N3O3S. The Morgan fingerprint density at radius 1 is 1.05 bits per heavy atom. The van der Waals surface area contributed by atoms with Gasteiger partial charge in [0.1, 0.15) is 0 Å². The normalized spacial score (nSPS) is 12.8. The van der Waals surface area contributed by atoms with E-state index in [1.54, 1.807) is 7.05 Å². The molecule has 0 unspecified atom stereocenters. The second-order valence-corrected chi connectivity index (χ2v) is 7.67. The summed E-state index contributed by atoms with van der Waals surface area (Å²) < 4.78 is 33.3. The molecule has 21 heavy (non-hydrogen) atoms. The Morgan fingerprint density at radius 3 is 2.29 bits per heavy atom. The van der Waals surface area contributed by atoms with Crippen molar-refractivity contribution in [1.82, 2.24) is 14.3 Å². The minimum absolute atomic E-state index is 0.229. The summed E-state index contributed by atoms with van der Waals surface area (Å²) in [4.78, 5) is 0. The van der Waals surface area contributed by atoms with Crippen molar-refractivity contribution >= 4 is 10.2 Å². The zero-order chi connectivity index (χ0) is 16.3. The molecule has 0 amide bonds. The van der Waals surface area contributed by atoms with E-state index in [4.69, 9.17) is 4.74 Å². The first-order valence-electron chi connectivity index (χ1n) is 7.81. The summed E-state index contributed by atoms with van der Waals surface area (Å²) >= 11 is 0. The number of rotatable bonds is 13. The van der Waals surface area contributed by atoms with Crippen LogP contribution in [0.25, 0.3) is 0 Å². The molecule has 0 rings (SSSR count). The fourth-order valence-corrected chi connectivity index (χ4v) is 2.66. The smallest absolute Gasteiger partial charge is 0.279 e. The molecule has 0 aliphatic carbocycles. The fraction of sp³-hybridized carbons (Fsp3) is 1.00. The largest absolute Gasteiger partial charge is 0.379 e. The second kappa shape index (κ2) is 11.4. The summed E-state index contributed by atoms with van der Waals surface area (Å²) in [5, 5.41) is 3.27. The van der Waals surface area contributed by atoms with Crippen LogP contribution in [0.15, 0.2) is 0 Å². The first kappa shape index (κ1) is 20.8. The van der Waals surface area contributed by atoms with Gasteiger partial charge in [0.15, 0.2) is 0 Å². The number of unbranched alkanes of at least 4 members (excludes halogenated alkanes) is 1. The van der Waals surface area contributed by atoms with E-state index in [0.717, 1.165) is 25.8 Å². The molecule has 0 heterocycles. The number of nitrogens with one attached hydrogen (secondary N) is 2. The summed E-state index contributed by atoms with van der Waals surface area (Å²) in [5.41, 5.74) is 0. The van der Waals surface area contributed by atoms with Crippen LogP contribution in [0.1, 0.15) is 47.0 Å². The zero-order valence-corrected chi connectivity index (χ0v) is 15.0. The Morgan fingerprint density at radius 2 is 1.71 bits per heavy atom. The highest BCUT2D eigenvalue weighted by atomic mass is 32.2. The van der Waals surface area contributed by atoms with E-state index in [1.807, 2.05) is 13.8 Å². The van der Waals surface area contributed by atoms with Gasteiger partial charge in [-0.2, -0.15) is 12.7 Å². The summed E-state index contributed by atoms with van der Waals surface area (Å²) in [7, 11) is -1.74. The minimum atomic E-state index is -3.35. The highest BCUT2D eigenvalue weighted by Crippen LogP contribution is 1.98. The van der Waals surface area contributed by atoms with E-state index >= 15 is 0 Å². The topological polar surface area (TPSA) is 70.7 Å². The summed E-state index contributed by atoms with van der Waals surface area (Å²) in [6.45, 7) is 10.6. The maximum absolute atomic E-state index is 12.0. The van der Waals surface area contributed by atoms with E-state index in [0.29, 0.717) is 25.7 Å². The van der Waals surface area contributed by atoms with Crippen LogP contribution >= 0.6 is 0 Å². The van der Waals surface area contributed by atoms with Gasteiger partial charge in [0, 0.05) is 32.8 Å². The third-order valence-corrected chi connectivity index (χ3v) is 4.49.